The Morgan fingerprint density at radius 3 is 2.61 bits per heavy atom. The van der Waals surface area contributed by atoms with Crippen molar-refractivity contribution in [1.29, 1.82) is 0 Å². The van der Waals surface area contributed by atoms with Crippen molar-refractivity contribution in [2.24, 2.45) is 0 Å². The molecule has 2 amide bonds. The molecule has 0 saturated heterocycles. The number of benzene rings is 2. The van der Waals surface area contributed by atoms with Crippen LogP contribution in [0.3, 0.4) is 0 Å². The van der Waals surface area contributed by atoms with Crippen molar-refractivity contribution in [3.63, 3.8) is 0 Å². The van der Waals surface area contributed by atoms with E-state index in [1.165, 1.54) is 0 Å². The highest BCUT2D eigenvalue weighted by Gasteiger charge is 2.31. The highest BCUT2D eigenvalue weighted by atomic mass is 16.5. The molecule has 0 radical (unpaired) electrons. The van der Waals surface area contributed by atoms with Gasteiger partial charge in [0, 0.05) is 25.6 Å². The second-order valence-electron chi connectivity index (χ2n) is 5.38. The molecule has 2 aromatic carbocycles. The zero-order chi connectivity index (χ0) is 16.2. The molecule has 1 aliphatic heterocycles. The molecule has 0 saturated carbocycles. The van der Waals surface area contributed by atoms with Crippen LogP contribution in [0.25, 0.3) is 0 Å². The van der Waals surface area contributed by atoms with Gasteiger partial charge in [-0.3, -0.25) is 9.59 Å². The summed E-state index contributed by atoms with van der Waals surface area (Å²) in [5.41, 5.74) is 1.37. The number of nitrogens with zero attached hydrogens (tertiary/aromatic N) is 1. The van der Waals surface area contributed by atoms with Crippen LogP contribution < -0.4 is 15.0 Å². The Morgan fingerprint density at radius 1 is 1.13 bits per heavy atom. The summed E-state index contributed by atoms with van der Waals surface area (Å²) in [6.07, 6.45) is -0.151. The maximum Gasteiger partial charge on any atom is 0.267 e. The van der Waals surface area contributed by atoms with Crippen molar-refractivity contribution in [3.8, 4) is 5.75 Å². The minimum Gasteiger partial charge on any atom is -0.478 e. The monoisotopic (exact) mass is 310 g/mol. The molecule has 0 aromatic heterocycles. The van der Waals surface area contributed by atoms with Crippen molar-refractivity contribution in [2.45, 2.75) is 12.5 Å². The third-order valence-corrected chi connectivity index (χ3v) is 3.83. The number of para-hydroxylation sites is 2. The van der Waals surface area contributed by atoms with Gasteiger partial charge in [0.15, 0.2) is 6.10 Å². The molecule has 0 fully saturated rings. The number of likely N-dealkylation sites (N-methyl/N-ethyl adjacent to an activating group) is 1. The van der Waals surface area contributed by atoms with Crippen LogP contribution in [0.1, 0.15) is 16.8 Å². The molecule has 0 bridgehead atoms. The molecule has 118 valence electrons. The molecule has 5 heteroatoms. The molecule has 23 heavy (non-hydrogen) atoms. The van der Waals surface area contributed by atoms with Crippen LogP contribution in [0.2, 0.25) is 0 Å². The molecule has 1 aliphatic rings. The number of carbonyl (C=O) groups excluding carboxylic acids is 2. The molecule has 0 spiro atoms. The molecule has 2 aromatic rings. The lowest BCUT2D eigenvalue weighted by atomic mass is 10.1. The smallest absolute Gasteiger partial charge is 0.267 e. The van der Waals surface area contributed by atoms with Crippen molar-refractivity contribution in [3.05, 3.63) is 60.2 Å². The fraction of sp³-hybridized carbons (Fsp3) is 0.222. The first-order valence-corrected chi connectivity index (χ1v) is 7.53. The number of fused-ring (bicyclic) bond motifs is 1. The van der Waals surface area contributed by atoms with Crippen molar-refractivity contribution in [1.82, 2.24) is 5.32 Å². The Balaban J connectivity index is 1.59. The largest absolute Gasteiger partial charge is 0.478 e. The summed E-state index contributed by atoms with van der Waals surface area (Å²) >= 11 is 0. The molecular weight excluding hydrogens is 292 g/mol. The van der Waals surface area contributed by atoms with Gasteiger partial charge < -0.3 is 15.0 Å². The molecule has 1 unspecified atom stereocenters. The minimum absolute atomic E-state index is 0.0994. The third kappa shape index (κ3) is 3.18. The van der Waals surface area contributed by atoms with Crippen molar-refractivity contribution in [2.75, 3.05) is 18.5 Å². The fourth-order valence-corrected chi connectivity index (χ4v) is 2.56. The topological polar surface area (TPSA) is 58.6 Å². The Bertz CT molecular complexity index is 715. The molecular formula is C18H18N2O3. The Kier molecular flexibility index (Phi) is 4.28. The number of nitrogens with one attached hydrogen (secondary N) is 1. The number of hydrogen-bond acceptors (Lipinski definition) is 3. The third-order valence-electron chi connectivity index (χ3n) is 3.83. The van der Waals surface area contributed by atoms with E-state index in [2.05, 4.69) is 5.32 Å². The Morgan fingerprint density at radius 2 is 1.83 bits per heavy atom. The molecule has 3 rings (SSSR count). The van der Waals surface area contributed by atoms with Crippen molar-refractivity contribution < 1.29 is 14.3 Å². The molecule has 1 atom stereocenters. The van der Waals surface area contributed by atoms with E-state index >= 15 is 0 Å². The lowest BCUT2D eigenvalue weighted by molar-refractivity contribution is -0.126. The summed E-state index contributed by atoms with van der Waals surface area (Å²) < 4.78 is 5.76. The highest BCUT2D eigenvalue weighted by Crippen LogP contribution is 2.33. The average molecular weight is 310 g/mol. The van der Waals surface area contributed by atoms with Gasteiger partial charge in [0.2, 0.25) is 0 Å². The summed E-state index contributed by atoms with van der Waals surface area (Å²) in [6, 6.07) is 16.4. The van der Waals surface area contributed by atoms with Gasteiger partial charge in [0.25, 0.3) is 11.8 Å². The lowest BCUT2D eigenvalue weighted by Crippen LogP contribution is -2.45. The first-order chi connectivity index (χ1) is 11.2. The first kappa shape index (κ1) is 15.1. The molecule has 0 aliphatic carbocycles. The van der Waals surface area contributed by atoms with Gasteiger partial charge in [-0.15, -0.1) is 0 Å². The average Bonchev–Trinajstić information content (AvgIpc) is 2.60. The summed E-state index contributed by atoms with van der Waals surface area (Å²) in [5.74, 6) is 0.439. The van der Waals surface area contributed by atoms with Gasteiger partial charge in [0.1, 0.15) is 5.75 Å². The Labute approximate surface area is 134 Å². The quantitative estimate of drug-likeness (QED) is 0.942. The summed E-state index contributed by atoms with van der Waals surface area (Å²) in [7, 11) is 1.74. The predicted molar refractivity (Wildman–Crippen MR) is 87.7 cm³/mol. The summed E-state index contributed by atoms with van der Waals surface area (Å²) in [4.78, 5) is 25.9. The van der Waals surface area contributed by atoms with E-state index in [-0.39, 0.29) is 11.8 Å². The number of ether oxygens (including phenoxy) is 1. The van der Waals surface area contributed by atoms with Crippen LogP contribution in [-0.4, -0.2) is 31.5 Å². The zero-order valence-corrected chi connectivity index (χ0v) is 12.9. The second kappa shape index (κ2) is 6.52. The van der Waals surface area contributed by atoms with Crippen LogP contribution in [0.4, 0.5) is 5.69 Å². The highest BCUT2D eigenvalue weighted by molar-refractivity contribution is 5.99. The zero-order valence-electron chi connectivity index (χ0n) is 12.9. The summed E-state index contributed by atoms with van der Waals surface area (Å²) in [6.45, 7) is 0.375. The van der Waals surface area contributed by atoms with Gasteiger partial charge in [0.05, 0.1) is 5.69 Å². The number of amides is 2. The number of anilines is 1. The normalized spacial score (nSPS) is 16.5. The molecule has 1 heterocycles. The van der Waals surface area contributed by atoms with Crippen LogP contribution in [0, 0.1) is 0 Å². The van der Waals surface area contributed by atoms with Gasteiger partial charge >= 0.3 is 0 Å². The van der Waals surface area contributed by atoms with Gasteiger partial charge in [-0.05, 0) is 24.3 Å². The molecule has 1 N–H and O–H groups in total. The Hall–Kier alpha value is -2.82. The minimum atomic E-state index is -0.578. The number of rotatable bonds is 4. The maximum atomic E-state index is 12.3. The summed E-state index contributed by atoms with van der Waals surface area (Å²) in [5, 5.41) is 2.82. The van der Waals surface area contributed by atoms with E-state index in [1.54, 1.807) is 24.1 Å². The first-order valence-electron chi connectivity index (χ1n) is 7.53. The number of carbonyl (C=O) groups is 2. The SMILES string of the molecule is CN1C(=O)C(CCNC(=O)c2ccccc2)Oc2ccccc21. The van der Waals surface area contributed by atoms with E-state index in [4.69, 9.17) is 4.74 Å². The fourth-order valence-electron chi connectivity index (χ4n) is 2.56. The maximum absolute atomic E-state index is 12.3. The van der Waals surface area contributed by atoms with Crippen LogP contribution in [0.15, 0.2) is 54.6 Å². The van der Waals surface area contributed by atoms with Gasteiger partial charge in [-0.1, -0.05) is 30.3 Å². The molecule has 5 nitrogen and oxygen atoms in total. The van der Waals surface area contributed by atoms with Crippen molar-refractivity contribution >= 4 is 17.5 Å². The van der Waals surface area contributed by atoms with E-state index < -0.39 is 6.10 Å². The van der Waals surface area contributed by atoms with E-state index in [0.717, 1.165) is 5.69 Å². The second-order valence-corrected chi connectivity index (χ2v) is 5.38. The standard InChI is InChI=1S/C18H18N2O3/c1-20-14-9-5-6-10-15(14)23-16(18(20)22)11-12-19-17(21)13-7-3-2-4-8-13/h2-10,16H,11-12H2,1H3,(H,19,21). The van der Waals surface area contributed by atoms with E-state index in [9.17, 15) is 9.59 Å². The van der Waals surface area contributed by atoms with Gasteiger partial charge in [-0.25, -0.2) is 0 Å². The number of hydrogen-bond donors (Lipinski definition) is 1. The van der Waals surface area contributed by atoms with Crippen LogP contribution >= 0.6 is 0 Å². The van der Waals surface area contributed by atoms with E-state index in [0.29, 0.717) is 24.3 Å². The van der Waals surface area contributed by atoms with E-state index in [1.807, 2.05) is 42.5 Å². The lowest BCUT2D eigenvalue weighted by Gasteiger charge is -2.31. The van der Waals surface area contributed by atoms with Crippen LogP contribution in [-0.2, 0) is 4.79 Å². The van der Waals surface area contributed by atoms with Crippen LogP contribution in [0.5, 0.6) is 5.75 Å². The predicted octanol–water partition coefficient (Wildman–Crippen LogP) is 2.23. The van der Waals surface area contributed by atoms with Gasteiger partial charge in [-0.2, -0.15) is 0 Å².